The van der Waals surface area contributed by atoms with E-state index in [0.717, 1.165) is 35.2 Å². The monoisotopic (exact) mass is 1160 g/mol. The molecule has 10 rings (SSSR count). The number of hydrogen-bond acceptors (Lipinski definition) is 18. The van der Waals surface area contributed by atoms with Gasteiger partial charge in [0.05, 0.1) is 57.9 Å². The van der Waals surface area contributed by atoms with Crippen molar-refractivity contribution in [2.24, 2.45) is 23.7 Å². The predicted octanol–water partition coefficient (Wildman–Crippen LogP) is 6.50. The number of amides is 1. The van der Waals surface area contributed by atoms with Crippen molar-refractivity contribution in [3.05, 3.63) is 140 Å². The molecule has 2 saturated heterocycles. The van der Waals surface area contributed by atoms with Crippen LogP contribution in [-0.4, -0.2) is 152 Å². The van der Waals surface area contributed by atoms with Gasteiger partial charge < -0.3 is 54.5 Å². The third kappa shape index (κ3) is 10.9. The van der Waals surface area contributed by atoms with Crippen LogP contribution in [0.5, 0.6) is 11.5 Å². The number of pyridine rings is 2. The third-order valence-corrected chi connectivity index (χ3v) is 16.9. The molecule has 1 aliphatic carbocycles. The lowest BCUT2D eigenvalue weighted by atomic mass is 9.78. The number of rotatable bonds is 7. The van der Waals surface area contributed by atoms with Gasteiger partial charge in [-0.1, -0.05) is 52.5 Å². The number of allylic oxidation sites excluding steroid dienone is 4. The molecule has 1 unspecified atom stereocenters. The van der Waals surface area contributed by atoms with Gasteiger partial charge >= 0.3 is 11.8 Å². The number of aliphatic hydroxyl groups is 3. The van der Waals surface area contributed by atoms with E-state index in [0.29, 0.717) is 12.5 Å². The number of phenolic OH excluding ortho intramolecular Hbond substituents is 1. The van der Waals surface area contributed by atoms with Crippen molar-refractivity contribution in [2.45, 2.75) is 98.1 Å². The first kappa shape index (κ1) is 60.5. The number of benzene rings is 2. The number of aromatic hydroxyl groups is 1. The van der Waals surface area contributed by atoms with Gasteiger partial charge in [-0.25, -0.2) is 18.2 Å². The Morgan fingerprint density at radius 3 is 2.24 bits per heavy atom. The summed E-state index contributed by atoms with van der Waals surface area (Å²) >= 11 is 0. The maximum atomic E-state index is 16.2. The zero-order valence-electron chi connectivity index (χ0n) is 47.9. The third-order valence-electron chi connectivity index (χ3n) is 16.9. The highest BCUT2D eigenvalue weighted by atomic mass is 19.1. The average Bonchev–Trinajstić information content (AvgIpc) is 1.62. The number of anilines is 1. The predicted molar refractivity (Wildman–Crippen MR) is 301 cm³/mol. The van der Waals surface area contributed by atoms with Crippen molar-refractivity contribution in [3.63, 3.8) is 0 Å². The normalized spacial score (nSPS) is 28.6. The minimum atomic E-state index is -2.19. The maximum Gasteiger partial charge on any atom is 0.312 e. The van der Waals surface area contributed by atoms with Gasteiger partial charge in [0.2, 0.25) is 17.0 Å². The zero-order valence-corrected chi connectivity index (χ0v) is 47.9. The smallest absolute Gasteiger partial charge is 0.312 e. The Morgan fingerprint density at radius 1 is 0.881 bits per heavy atom. The van der Waals surface area contributed by atoms with E-state index in [4.69, 9.17) is 18.9 Å². The summed E-state index contributed by atoms with van der Waals surface area (Å²) in [7, 11) is 1.40. The minimum absolute atomic E-state index is 0.0615. The molecule has 446 valence electrons. The summed E-state index contributed by atoms with van der Waals surface area (Å²) in [6.07, 6.45) is 4.56. The second-order valence-electron chi connectivity index (χ2n) is 22.4. The van der Waals surface area contributed by atoms with Gasteiger partial charge in [-0.2, -0.15) is 0 Å². The van der Waals surface area contributed by atoms with E-state index in [9.17, 15) is 44.0 Å². The molecule has 5 N–H and O–H groups in total. The van der Waals surface area contributed by atoms with Gasteiger partial charge in [-0.15, -0.1) is 0 Å². The molecule has 2 aromatic heterocycles. The van der Waals surface area contributed by atoms with Gasteiger partial charge in [0, 0.05) is 113 Å². The molecule has 23 heteroatoms. The molecule has 1 amide bonds. The fraction of sp³-hybridized carbons (Fsp3) is 0.426. The molecule has 84 heavy (non-hydrogen) atoms. The van der Waals surface area contributed by atoms with E-state index >= 15 is 18.4 Å². The van der Waals surface area contributed by atoms with Gasteiger partial charge in [-0.3, -0.25) is 38.2 Å². The van der Waals surface area contributed by atoms with Gasteiger partial charge in [0.25, 0.3) is 11.7 Å². The van der Waals surface area contributed by atoms with Crippen molar-refractivity contribution < 1.29 is 76.5 Å². The highest BCUT2D eigenvalue weighted by Crippen LogP contribution is 2.49. The molecular formula is C61H67F3N6O14. The number of hydrogen-bond donors (Lipinski definition) is 5. The zero-order chi connectivity index (χ0) is 61.1. The van der Waals surface area contributed by atoms with E-state index in [2.05, 4.69) is 21.8 Å². The number of nitrogens with one attached hydrogen (secondary N) is 1. The molecule has 0 radical (unpaired) electrons. The molecule has 0 spiro atoms. The van der Waals surface area contributed by atoms with Crippen molar-refractivity contribution in [2.75, 3.05) is 51.3 Å². The van der Waals surface area contributed by atoms with Crippen LogP contribution in [0.1, 0.15) is 97.1 Å². The van der Waals surface area contributed by atoms with Crippen LogP contribution in [0.3, 0.4) is 0 Å². The SMILES string of the molecule is C=C(O)c1cn(-c2ccc(F)cc2F)c2nc(N3CCC(N4CCN(C5=C6NC(=O)/C(C)=C\C=C\[C@H](C)[C@H](O)[C@@H](C)[C@@H](O)[C@@H](C)[C@H](OC(C)=O)[C@H](C)[C@@H](OC)/C=C/O[C@@]7(C)Oc8c(C)c(O)c(c(c8C7=O)C5=O)C6=O)CC4)C3)c(F)cc2c1=O. The van der Waals surface area contributed by atoms with E-state index in [1.807, 2.05) is 0 Å². The van der Waals surface area contributed by atoms with Gasteiger partial charge in [-0.05, 0) is 44.5 Å². The number of esters is 1. The molecular weight excluding hydrogens is 1100 g/mol. The van der Waals surface area contributed by atoms with Gasteiger partial charge in [0.1, 0.15) is 46.4 Å². The number of aromatic nitrogens is 2. The molecule has 2 fully saturated rings. The summed E-state index contributed by atoms with van der Waals surface area (Å²) in [6, 6.07) is 3.44. The molecule has 7 heterocycles. The summed E-state index contributed by atoms with van der Waals surface area (Å²) in [5.74, 6) is -13.6. The van der Waals surface area contributed by atoms with E-state index in [1.54, 1.807) is 43.6 Å². The van der Waals surface area contributed by atoms with Crippen LogP contribution in [0.4, 0.5) is 19.0 Å². The Balaban J connectivity index is 1.05. The van der Waals surface area contributed by atoms with Crippen LogP contribution in [-0.2, 0) is 23.8 Å². The summed E-state index contributed by atoms with van der Waals surface area (Å²) < 4.78 is 70.4. The van der Waals surface area contributed by atoms with Crippen molar-refractivity contribution in [1.82, 2.24) is 24.7 Å². The minimum Gasteiger partial charge on any atom is -0.508 e. The van der Waals surface area contributed by atoms with Crippen molar-refractivity contribution >= 4 is 51.8 Å². The highest BCUT2D eigenvalue weighted by molar-refractivity contribution is 6.32. The van der Waals surface area contributed by atoms with Crippen molar-refractivity contribution in [3.8, 4) is 17.2 Å². The number of methoxy groups -OCH3 is 1. The summed E-state index contributed by atoms with van der Waals surface area (Å²) in [6.45, 7) is 16.7. The van der Waals surface area contributed by atoms with Crippen LogP contribution in [0.25, 0.3) is 22.5 Å². The Hall–Kier alpha value is -8.12. The average molecular weight is 1170 g/mol. The largest absolute Gasteiger partial charge is 0.508 e. The second kappa shape index (κ2) is 23.5. The Kier molecular flexibility index (Phi) is 16.9. The van der Waals surface area contributed by atoms with Crippen LogP contribution in [0.2, 0.25) is 0 Å². The molecule has 4 aromatic rings. The lowest BCUT2D eigenvalue weighted by Gasteiger charge is -2.41. The summed E-state index contributed by atoms with van der Waals surface area (Å²) in [4.78, 5) is 95.4. The Bertz CT molecular complexity index is 3610. The number of halogens is 3. The van der Waals surface area contributed by atoms with Crippen LogP contribution >= 0.6 is 0 Å². The first-order valence-electron chi connectivity index (χ1n) is 27.6. The number of aliphatic hydroxyl groups excluding tert-OH is 3. The Labute approximate surface area is 481 Å². The molecule has 6 aliphatic rings. The summed E-state index contributed by atoms with van der Waals surface area (Å²) in [5, 5.41) is 47.6. The fourth-order valence-corrected chi connectivity index (χ4v) is 12.0. The number of phenols is 1. The van der Waals surface area contributed by atoms with Crippen molar-refractivity contribution in [1.29, 1.82) is 0 Å². The number of nitrogens with zero attached hydrogens (tertiary/aromatic N) is 5. The molecule has 2 aromatic carbocycles. The van der Waals surface area contributed by atoms with Crippen LogP contribution < -0.4 is 20.4 Å². The Morgan fingerprint density at radius 2 is 1.58 bits per heavy atom. The lowest BCUT2D eigenvalue weighted by molar-refractivity contribution is -0.160. The number of piperazine rings is 1. The first-order valence-corrected chi connectivity index (χ1v) is 27.6. The maximum absolute atomic E-state index is 16.2. The number of fused-ring (bicyclic) bond motifs is 15. The lowest BCUT2D eigenvalue weighted by Crippen LogP contribution is -2.53. The number of ketones is 3. The van der Waals surface area contributed by atoms with E-state index < -0.39 is 134 Å². The molecule has 5 aliphatic heterocycles. The van der Waals surface area contributed by atoms with Crippen LogP contribution in [0, 0.1) is 48.0 Å². The van der Waals surface area contributed by atoms with Crippen LogP contribution in [0.15, 0.2) is 89.4 Å². The van der Waals surface area contributed by atoms with E-state index in [1.165, 1.54) is 53.0 Å². The molecule has 0 saturated carbocycles. The number of Topliss-reactive ketones (excluding diaryl/α,β-unsaturated/α-hetero) is 3. The molecule has 20 nitrogen and oxygen atoms in total. The quantitative estimate of drug-likeness (QED) is 0.0977. The number of carbonyl (C=O) groups is 5. The van der Waals surface area contributed by atoms with E-state index in [-0.39, 0.29) is 102 Å². The first-order chi connectivity index (χ1) is 39.7. The highest BCUT2D eigenvalue weighted by Gasteiger charge is 2.53. The fourth-order valence-electron chi connectivity index (χ4n) is 12.0. The second-order valence-corrected chi connectivity index (χ2v) is 22.4. The standard InChI is InChI=1S/C61H67F3N6O14/c1-28-12-11-13-29(2)60(80)65-47-48(68-21-19-67(20-22-68)37-16-18-69(26-37)59-41(64)25-38-52(76)39(34(7)71)27-70(58(38)66-59)42-15-14-36(62)24-40(42)63)54(78)44-45(53(47)77)51(75)33(6)56-46(44)57(79)61(9,84-56)82-23-17-43(81-10)30(3)55(83-35(8)72)32(5)50(74)31(4)49(28)73/h11-15,17,23-25,27-28,30-32,37,43,49-50,55,71,73-75H,7,16,18-22,26H2,1-6,8-10H3,(H,65,80)/b12-11+,23-17+,29-13-/t28-,30+,31+,32+,37?,43-,49-,50+,55+,61-/m0/s1. The van der Waals surface area contributed by atoms with Gasteiger partial charge in [0.15, 0.2) is 17.3 Å². The molecule has 5 bridgehead atoms. The number of carbonyl (C=O) groups excluding carboxylic acids is 5. The number of ether oxygens (including phenoxy) is 4. The molecule has 10 atom stereocenters. The topological polar surface area (TPSA) is 260 Å². The summed E-state index contributed by atoms with van der Waals surface area (Å²) in [5.41, 5.74) is -3.68.